The predicted octanol–water partition coefficient (Wildman–Crippen LogP) is 4.70. The largest absolute Gasteiger partial charge is 0.487 e. The first-order valence-corrected chi connectivity index (χ1v) is 7.57. The monoisotopic (exact) mass is 310 g/mol. The van der Waals surface area contributed by atoms with Gasteiger partial charge < -0.3 is 4.74 Å². The first-order valence-electron chi connectivity index (χ1n) is 7.57. The van der Waals surface area contributed by atoms with Crippen LogP contribution >= 0.6 is 0 Å². The lowest BCUT2D eigenvalue weighted by atomic mass is 10.0. The Labute approximate surface area is 135 Å². The zero-order valence-electron chi connectivity index (χ0n) is 13.0. The molecule has 0 amide bonds. The van der Waals surface area contributed by atoms with E-state index >= 15 is 0 Å². The number of hydrogen-bond donors (Lipinski definition) is 0. The Morgan fingerprint density at radius 1 is 1.13 bits per heavy atom. The van der Waals surface area contributed by atoms with Crippen LogP contribution in [0.2, 0.25) is 0 Å². The smallest absolute Gasteiger partial charge is 0.311 e. The second kappa shape index (κ2) is 7.95. The van der Waals surface area contributed by atoms with Crippen molar-refractivity contribution in [3.63, 3.8) is 0 Å². The summed E-state index contributed by atoms with van der Waals surface area (Å²) in [5.74, 6) is 0.295. The standard InChI is InChI=1S/C18H18N2O3/c1-2-3-4-11-23-18-10-9-16(12-17(18)20(21)22)15-7-5-14(13-19)6-8-15/h5-10,12H,2-4,11H2,1H3. The van der Waals surface area contributed by atoms with Gasteiger partial charge in [0, 0.05) is 6.07 Å². The molecule has 0 aromatic heterocycles. The zero-order valence-corrected chi connectivity index (χ0v) is 13.0. The molecule has 0 aliphatic heterocycles. The third-order valence-electron chi connectivity index (χ3n) is 3.51. The summed E-state index contributed by atoms with van der Waals surface area (Å²) < 4.78 is 5.54. The van der Waals surface area contributed by atoms with E-state index in [0.717, 1.165) is 30.4 Å². The van der Waals surface area contributed by atoms with Crippen LogP contribution in [-0.2, 0) is 0 Å². The molecule has 0 atom stereocenters. The minimum atomic E-state index is -0.428. The fraction of sp³-hybridized carbons (Fsp3) is 0.278. The van der Waals surface area contributed by atoms with Gasteiger partial charge in [-0.1, -0.05) is 38.0 Å². The molecule has 5 heteroatoms. The number of rotatable bonds is 7. The molecular weight excluding hydrogens is 292 g/mol. The Morgan fingerprint density at radius 2 is 1.83 bits per heavy atom. The van der Waals surface area contributed by atoms with E-state index in [1.807, 2.05) is 6.07 Å². The molecule has 0 aliphatic rings. The van der Waals surface area contributed by atoms with Crippen LogP contribution in [0.15, 0.2) is 42.5 Å². The molecule has 2 aromatic carbocycles. The van der Waals surface area contributed by atoms with E-state index in [1.54, 1.807) is 36.4 Å². The van der Waals surface area contributed by atoms with Crippen LogP contribution in [0.4, 0.5) is 5.69 Å². The minimum Gasteiger partial charge on any atom is -0.487 e. The number of nitro benzene ring substituents is 1. The van der Waals surface area contributed by atoms with Crippen molar-refractivity contribution in [2.45, 2.75) is 26.2 Å². The average Bonchev–Trinajstić information content (AvgIpc) is 2.59. The highest BCUT2D eigenvalue weighted by Gasteiger charge is 2.16. The van der Waals surface area contributed by atoms with Crippen molar-refractivity contribution in [2.24, 2.45) is 0 Å². The Bertz CT molecular complexity index is 718. The van der Waals surface area contributed by atoms with Crippen molar-refractivity contribution in [2.75, 3.05) is 6.61 Å². The van der Waals surface area contributed by atoms with Gasteiger partial charge in [0.05, 0.1) is 23.2 Å². The average molecular weight is 310 g/mol. The maximum Gasteiger partial charge on any atom is 0.311 e. The van der Waals surface area contributed by atoms with E-state index in [9.17, 15) is 10.1 Å². The van der Waals surface area contributed by atoms with E-state index in [2.05, 4.69) is 6.92 Å². The summed E-state index contributed by atoms with van der Waals surface area (Å²) in [7, 11) is 0. The van der Waals surface area contributed by atoms with Crippen LogP contribution in [0.1, 0.15) is 31.7 Å². The number of nitriles is 1. The second-order valence-corrected chi connectivity index (χ2v) is 5.18. The van der Waals surface area contributed by atoms with Crippen LogP contribution < -0.4 is 4.74 Å². The fourth-order valence-electron chi connectivity index (χ4n) is 2.23. The molecule has 0 saturated carbocycles. The van der Waals surface area contributed by atoms with E-state index in [-0.39, 0.29) is 5.69 Å². The van der Waals surface area contributed by atoms with Crippen molar-refractivity contribution in [3.05, 3.63) is 58.1 Å². The molecule has 0 fully saturated rings. The Hall–Kier alpha value is -2.87. The van der Waals surface area contributed by atoms with Crippen molar-refractivity contribution < 1.29 is 9.66 Å². The van der Waals surface area contributed by atoms with Gasteiger partial charge in [0.15, 0.2) is 5.75 Å². The summed E-state index contributed by atoms with van der Waals surface area (Å²) in [6, 6.07) is 13.9. The van der Waals surface area contributed by atoms with E-state index < -0.39 is 4.92 Å². The van der Waals surface area contributed by atoms with Gasteiger partial charge in [0.1, 0.15) is 0 Å². The van der Waals surface area contributed by atoms with Gasteiger partial charge in [-0.15, -0.1) is 0 Å². The first-order chi connectivity index (χ1) is 11.2. The van der Waals surface area contributed by atoms with Gasteiger partial charge in [-0.2, -0.15) is 5.26 Å². The van der Waals surface area contributed by atoms with Crippen molar-refractivity contribution in [1.29, 1.82) is 5.26 Å². The maximum absolute atomic E-state index is 11.3. The molecule has 0 bridgehead atoms. The molecule has 5 nitrogen and oxygen atoms in total. The number of ether oxygens (including phenoxy) is 1. The van der Waals surface area contributed by atoms with Crippen molar-refractivity contribution in [1.82, 2.24) is 0 Å². The number of unbranched alkanes of at least 4 members (excludes halogenated alkanes) is 2. The normalized spacial score (nSPS) is 10.1. The van der Waals surface area contributed by atoms with Crippen LogP contribution in [0.3, 0.4) is 0 Å². The lowest BCUT2D eigenvalue weighted by molar-refractivity contribution is -0.385. The number of benzene rings is 2. The summed E-state index contributed by atoms with van der Waals surface area (Å²) in [5.41, 5.74) is 2.06. The fourth-order valence-corrected chi connectivity index (χ4v) is 2.23. The molecule has 23 heavy (non-hydrogen) atoms. The number of nitro groups is 1. The Morgan fingerprint density at radius 3 is 2.43 bits per heavy atom. The molecule has 2 rings (SSSR count). The van der Waals surface area contributed by atoms with Crippen molar-refractivity contribution in [3.8, 4) is 22.9 Å². The SMILES string of the molecule is CCCCCOc1ccc(-c2ccc(C#N)cc2)cc1[N+](=O)[O-]. The van der Waals surface area contributed by atoms with E-state index in [1.165, 1.54) is 6.07 Å². The van der Waals surface area contributed by atoms with Gasteiger partial charge in [0.25, 0.3) is 0 Å². The second-order valence-electron chi connectivity index (χ2n) is 5.18. The quantitative estimate of drug-likeness (QED) is 0.422. The molecule has 0 aliphatic carbocycles. The summed E-state index contributed by atoms with van der Waals surface area (Å²) >= 11 is 0. The Balaban J connectivity index is 2.24. The van der Waals surface area contributed by atoms with Crippen LogP contribution in [0, 0.1) is 21.4 Å². The van der Waals surface area contributed by atoms with Gasteiger partial charge >= 0.3 is 5.69 Å². The highest BCUT2D eigenvalue weighted by atomic mass is 16.6. The van der Waals surface area contributed by atoms with Crippen LogP contribution in [0.25, 0.3) is 11.1 Å². The lowest BCUT2D eigenvalue weighted by Gasteiger charge is -2.08. The summed E-state index contributed by atoms with van der Waals surface area (Å²) in [5, 5.41) is 20.1. The third kappa shape index (κ3) is 4.30. The topological polar surface area (TPSA) is 76.2 Å². The van der Waals surface area contributed by atoms with Gasteiger partial charge in [0.2, 0.25) is 0 Å². The zero-order chi connectivity index (χ0) is 16.7. The molecule has 0 N–H and O–H groups in total. The third-order valence-corrected chi connectivity index (χ3v) is 3.51. The van der Waals surface area contributed by atoms with Gasteiger partial charge in [-0.05, 0) is 35.7 Å². The lowest BCUT2D eigenvalue weighted by Crippen LogP contribution is -2.00. The molecule has 0 radical (unpaired) electrons. The van der Waals surface area contributed by atoms with Gasteiger partial charge in [-0.3, -0.25) is 10.1 Å². The maximum atomic E-state index is 11.3. The number of hydrogen-bond acceptors (Lipinski definition) is 4. The highest BCUT2D eigenvalue weighted by Crippen LogP contribution is 2.32. The van der Waals surface area contributed by atoms with Crippen LogP contribution in [0.5, 0.6) is 5.75 Å². The Kier molecular flexibility index (Phi) is 5.70. The van der Waals surface area contributed by atoms with Gasteiger partial charge in [-0.25, -0.2) is 0 Å². The molecule has 0 spiro atoms. The van der Waals surface area contributed by atoms with E-state index in [4.69, 9.17) is 10.00 Å². The molecular formula is C18H18N2O3. The van der Waals surface area contributed by atoms with Crippen LogP contribution in [-0.4, -0.2) is 11.5 Å². The summed E-state index contributed by atoms with van der Waals surface area (Å²) in [4.78, 5) is 10.8. The predicted molar refractivity (Wildman–Crippen MR) is 88.3 cm³/mol. The summed E-state index contributed by atoms with van der Waals surface area (Å²) in [6.45, 7) is 2.57. The molecule has 0 unspecified atom stereocenters. The van der Waals surface area contributed by atoms with Crippen molar-refractivity contribution >= 4 is 5.69 Å². The molecule has 0 saturated heterocycles. The summed E-state index contributed by atoms with van der Waals surface area (Å²) in [6.07, 6.45) is 2.99. The molecule has 2 aromatic rings. The highest BCUT2D eigenvalue weighted by molar-refractivity contribution is 5.69. The molecule has 0 heterocycles. The minimum absolute atomic E-state index is 0.0386. The molecule has 118 valence electrons. The van der Waals surface area contributed by atoms with E-state index in [0.29, 0.717) is 17.9 Å². The first kappa shape index (κ1) is 16.5. The number of nitrogens with zero attached hydrogens (tertiary/aromatic N) is 2.